The van der Waals surface area contributed by atoms with Gasteiger partial charge in [0, 0.05) is 19.0 Å². The molecule has 1 unspecified atom stereocenters. The lowest BCUT2D eigenvalue weighted by molar-refractivity contribution is -0.119. The van der Waals surface area contributed by atoms with Crippen molar-refractivity contribution in [1.82, 2.24) is 10.6 Å². The first-order chi connectivity index (χ1) is 6.83. The predicted molar refractivity (Wildman–Crippen MR) is 58.2 cm³/mol. The summed E-state index contributed by atoms with van der Waals surface area (Å²) < 4.78 is 0. The summed E-state index contributed by atoms with van der Waals surface area (Å²) >= 11 is 0. The van der Waals surface area contributed by atoms with Gasteiger partial charge in [0.1, 0.15) is 0 Å². The third-order valence-electron chi connectivity index (χ3n) is 2.69. The first-order valence-electron chi connectivity index (χ1n) is 5.83. The molecule has 0 aromatic rings. The van der Waals surface area contributed by atoms with Crippen LogP contribution in [-0.4, -0.2) is 25.0 Å². The fourth-order valence-corrected chi connectivity index (χ4v) is 1.78. The van der Waals surface area contributed by atoms with E-state index in [1.807, 2.05) is 0 Å². The second-order valence-electron chi connectivity index (χ2n) is 4.07. The van der Waals surface area contributed by atoms with Crippen LogP contribution in [0.4, 0.5) is 0 Å². The SMILES string of the molecule is CCCCCCCNC1CNC(=O)C1. The Morgan fingerprint density at radius 1 is 1.36 bits per heavy atom. The zero-order valence-electron chi connectivity index (χ0n) is 9.14. The van der Waals surface area contributed by atoms with Crippen molar-refractivity contribution in [3.8, 4) is 0 Å². The molecule has 1 rings (SSSR count). The molecule has 2 N–H and O–H groups in total. The summed E-state index contributed by atoms with van der Waals surface area (Å²) in [5.74, 6) is 0.188. The number of amides is 1. The van der Waals surface area contributed by atoms with Crippen molar-refractivity contribution >= 4 is 5.91 Å². The van der Waals surface area contributed by atoms with Crippen molar-refractivity contribution in [2.45, 2.75) is 51.5 Å². The average Bonchev–Trinajstić information content (AvgIpc) is 2.58. The van der Waals surface area contributed by atoms with Crippen molar-refractivity contribution in [2.75, 3.05) is 13.1 Å². The molecule has 1 atom stereocenters. The van der Waals surface area contributed by atoms with Crippen molar-refractivity contribution in [3.05, 3.63) is 0 Å². The topological polar surface area (TPSA) is 41.1 Å². The number of hydrogen-bond acceptors (Lipinski definition) is 2. The van der Waals surface area contributed by atoms with E-state index in [1.54, 1.807) is 0 Å². The number of nitrogens with one attached hydrogen (secondary N) is 2. The Labute approximate surface area is 86.6 Å². The van der Waals surface area contributed by atoms with Gasteiger partial charge in [0.15, 0.2) is 0 Å². The maximum Gasteiger partial charge on any atom is 0.221 e. The van der Waals surface area contributed by atoms with Gasteiger partial charge in [-0.25, -0.2) is 0 Å². The van der Waals surface area contributed by atoms with Crippen LogP contribution in [0.3, 0.4) is 0 Å². The molecule has 0 saturated carbocycles. The molecule has 0 aromatic carbocycles. The molecule has 1 heterocycles. The van der Waals surface area contributed by atoms with Gasteiger partial charge in [-0.3, -0.25) is 4.79 Å². The van der Waals surface area contributed by atoms with Crippen LogP contribution in [0.15, 0.2) is 0 Å². The minimum absolute atomic E-state index is 0.188. The summed E-state index contributed by atoms with van der Waals surface area (Å²) in [6.45, 7) is 4.10. The first kappa shape index (κ1) is 11.5. The lowest BCUT2D eigenvalue weighted by Gasteiger charge is -2.09. The highest BCUT2D eigenvalue weighted by atomic mass is 16.1. The van der Waals surface area contributed by atoms with Crippen molar-refractivity contribution in [2.24, 2.45) is 0 Å². The smallest absolute Gasteiger partial charge is 0.221 e. The van der Waals surface area contributed by atoms with Crippen LogP contribution < -0.4 is 10.6 Å². The molecule has 0 bridgehead atoms. The van der Waals surface area contributed by atoms with Gasteiger partial charge in [-0.2, -0.15) is 0 Å². The molecular formula is C11H22N2O. The van der Waals surface area contributed by atoms with E-state index in [0.717, 1.165) is 13.1 Å². The third-order valence-corrected chi connectivity index (χ3v) is 2.69. The summed E-state index contributed by atoms with van der Waals surface area (Å²) in [7, 11) is 0. The summed E-state index contributed by atoms with van der Waals surface area (Å²) in [5.41, 5.74) is 0. The van der Waals surface area contributed by atoms with Gasteiger partial charge in [-0.1, -0.05) is 32.6 Å². The average molecular weight is 198 g/mol. The second-order valence-corrected chi connectivity index (χ2v) is 4.07. The molecule has 0 aromatic heterocycles. The van der Waals surface area contributed by atoms with E-state index < -0.39 is 0 Å². The first-order valence-corrected chi connectivity index (χ1v) is 5.83. The van der Waals surface area contributed by atoms with E-state index in [2.05, 4.69) is 17.6 Å². The van der Waals surface area contributed by atoms with Gasteiger partial charge in [-0.05, 0) is 13.0 Å². The quantitative estimate of drug-likeness (QED) is 0.608. The minimum Gasteiger partial charge on any atom is -0.354 e. The molecule has 82 valence electrons. The largest absolute Gasteiger partial charge is 0.354 e. The molecule has 0 spiro atoms. The molecule has 1 saturated heterocycles. The van der Waals surface area contributed by atoms with Gasteiger partial charge >= 0.3 is 0 Å². The zero-order valence-corrected chi connectivity index (χ0v) is 9.14. The highest BCUT2D eigenvalue weighted by Crippen LogP contribution is 2.03. The van der Waals surface area contributed by atoms with Crippen LogP contribution in [0.1, 0.15) is 45.4 Å². The van der Waals surface area contributed by atoms with Crippen LogP contribution in [0, 0.1) is 0 Å². The zero-order chi connectivity index (χ0) is 10.2. The maximum absolute atomic E-state index is 10.9. The summed E-state index contributed by atoms with van der Waals surface area (Å²) in [6.07, 6.45) is 7.21. The van der Waals surface area contributed by atoms with E-state index in [0.29, 0.717) is 12.5 Å². The Kier molecular flexibility index (Phi) is 5.60. The Morgan fingerprint density at radius 2 is 2.14 bits per heavy atom. The Hall–Kier alpha value is -0.570. The number of carbonyl (C=O) groups is 1. The van der Waals surface area contributed by atoms with E-state index >= 15 is 0 Å². The normalized spacial score (nSPS) is 21.2. The molecule has 3 nitrogen and oxygen atoms in total. The fraction of sp³-hybridized carbons (Fsp3) is 0.909. The molecule has 14 heavy (non-hydrogen) atoms. The maximum atomic E-state index is 10.9. The van der Waals surface area contributed by atoms with Crippen molar-refractivity contribution in [3.63, 3.8) is 0 Å². The van der Waals surface area contributed by atoms with Gasteiger partial charge in [-0.15, -0.1) is 0 Å². The Bertz CT molecular complexity index is 171. The Balaban J connectivity index is 1.86. The highest BCUT2D eigenvalue weighted by molar-refractivity contribution is 5.78. The summed E-state index contributed by atoms with van der Waals surface area (Å²) in [5, 5.41) is 6.23. The molecule has 0 aliphatic carbocycles. The number of hydrogen-bond donors (Lipinski definition) is 2. The van der Waals surface area contributed by atoms with Crippen molar-refractivity contribution < 1.29 is 4.79 Å². The minimum atomic E-state index is 0.188. The molecule has 1 aliphatic rings. The van der Waals surface area contributed by atoms with E-state index in [-0.39, 0.29) is 5.91 Å². The number of unbranched alkanes of at least 4 members (excludes halogenated alkanes) is 4. The summed E-state index contributed by atoms with van der Waals surface area (Å²) in [4.78, 5) is 10.9. The van der Waals surface area contributed by atoms with Crippen LogP contribution in [0.25, 0.3) is 0 Å². The number of rotatable bonds is 7. The van der Waals surface area contributed by atoms with Gasteiger partial charge in [0.2, 0.25) is 5.91 Å². The lowest BCUT2D eigenvalue weighted by atomic mass is 10.1. The van der Waals surface area contributed by atoms with E-state index in [1.165, 1.54) is 32.1 Å². The van der Waals surface area contributed by atoms with Gasteiger partial charge in [0.25, 0.3) is 0 Å². The second kappa shape index (κ2) is 6.82. The molecule has 0 radical (unpaired) electrons. The van der Waals surface area contributed by atoms with Crippen LogP contribution in [0.2, 0.25) is 0 Å². The summed E-state index contributed by atoms with van der Waals surface area (Å²) in [6, 6.07) is 0.383. The Morgan fingerprint density at radius 3 is 2.79 bits per heavy atom. The molecule has 1 amide bonds. The molecular weight excluding hydrogens is 176 g/mol. The van der Waals surface area contributed by atoms with Crippen LogP contribution in [0.5, 0.6) is 0 Å². The fourth-order valence-electron chi connectivity index (χ4n) is 1.78. The molecule has 1 aliphatic heterocycles. The molecule has 1 fully saturated rings. The van der Waals surface area contributed by atoms with Crippen molar-refractivity contribution in [1.29, 1.82) is 0 Å². The lowest BCUT2D eigenvalue weighted by Crippen LogP contribution is -2.31. The number of carbonyl (C=O) groups excluding carboxylic acids is 1. The van der Waals surface area contributed by atoms with Gasteiger partial charge < -0.3 is 10.6 Å². The predicted octanol–water partition coefficient (Wildman–Crippen LogP) is 1.43. The standard InChI is InChI=1S/C11H22N2O/c1-2-3-4-5-6-7-12-10-8-11(14)13-9-10/h10,12H,2-9H2,1H3,(H,13,14). The van der Waals surface area contributed by atoms with E-state index in [9.17, 15) is 4.79 Å². The van der Waals surface area contributed by atoms with Crippen LogP contribution in [-0.2, 0) is 4.79 Å². The van der Waals surface area contributed by atoms with E-state index in [4.69, 9.17) is 0 Å². The van der Waals surface area contributed by atoms with Crippen LogP contribution >= 0.6 is 0 Å². The third kappa shape index (κ3) is 4.61. The monoisotopic (exact) mass is 198 g/mol. The highest BCUT2D eigenvalue weighted by Gasteiger charge is 2.19. The molecule has 3 heteroatoms. The van der Waals surface area contributed by atoms with Gasteiger partial charge in [0.05, 0.1) is 0 Å².